The summed E-state index contributed by atoms with van der Waals surface area (Å²) in [6.07, 6.45) is 0.382. The van der Waals surface area contributed by atoms with E-state index < -0.39 is 23.2 Å². The fourth-order valence-corrected chi connectivity index (χ4v) is 4.11. The van der Waals surface area contributed by atoms with Crippen LogP contribution >= 0.6 is 12.2 Å². The highest BCUT2D eigenvalue weighted by Gasteiger charge is 2.53. The van der Waals surface area contributed by atoms with Crippen molar-refractivity contribution in [3.63, 3.8) is 0 Å². The average molecular weight is 444 g/mol. The number of rotatable bonds is 8. The zero-order valence-electron chi connectivity index (χ0n) is 17.9. The predicted molar refractivity (Wildman–Crippen MR) is 121 cm³/mol. The third-order valence-corrected chi connectivity index (χ3v) is 5.73. The van der Waals surface area contributed by atoms with Crippen molar-refractivity contribution in [1.29, 1.82) is 0 Å². The van der Waals surface area contributed by atoms with Crippen molar-refractivity contribution in [2.75, 3.05) is 32.1 Å². The Morgan fingerprint density at radius 2 is 1.81 bits per heavy atom. The SMILES string of the molecule is CCOC(=O)CC1(c2ccc(F)cc2)C(=O)NC(=S)N1CCc1ccc(N(C)C)cc1. The first kappa shape index (κ1) is 22.7. The van der Waals surface area contributed by atoms with E-state index in [0.29, 0.717) is 18.5 Å². The number of thiocarbonyl (C=S) groups is 1. The second-order valence-corrected chi connectivity index (χ2v) is 7.96. The number of hydrogen-bond acceptors (Lipinski definition) is 5. The number of halogens is 1. The monoisotopic (exact) mass is 443 g/mol. The Labute approximate surface area is 187 Å². The van der Waals surface area contributed by atoms with Gasteiger partial charge in [-0.05, 0) is 61.0 Å². The average Bonchev–Trinajstić information content (AvgIpc) is 2.97. The number of carbonyl (C=O) groups is 2. The second-order valence-electron chi connectivity index (χ2n) is 7.57. The fourth-order valence-electron chi connectivity index (χ4n) is 3.77. The number of benzene rings is 2. The van der Waals surface area contributed by atoms with Gasteiger partial charge in [0.25, 0.3) is 5.91 Å². The molecule has 1 amide bonds. The highest BCUT2D eigenvalue weighted by molar-refractivity contribution is 7.80. The van der Waals surface area contributed by atoms with Gasteiger partial charge in [-0.25, -0.2) is 4.39 Å². The van der Waals surface area contributed by atoms with Crippen molar-refractivity contribution < 1.29 is 18.7 Å². The summed E-state index contributed by atoms with van der Waals surface area (Å²) in [6, 6.07) is 13.7. The van der Waals surface area contributed by atoms with Gasteiger partial charge in [0.15, 0.2) is 10.7 Å². The number of nitrogens with one attached hydrogen (secondary N) is 1. The molecule has 0 aliphatic carbocycles. The van der Waals surface area contributed by atoms with Crippen LogP contribution in [0.2, 0.25) is 0 Å². The maximum atomic E-state index is 13.6. The minimum atomic E-state index is -1.39. The molecule has 0 radical (unpaired) electrons. The molecule has 164 valence electrons. The quantitative estimate of drug-likeness (QED) is 0.500. The van der Waals surface area contributed by atoms with Crippen LogP contribution in [0.3, 0.4) is 0 Å². The highest BCUT2D eigenvalue weighted by Crippen LogP contribution is 2.37. The van der Waals surface area contributed by atoms with Crippen molar-refractivity contribution in [2.45, 2.75) is 25.3 Å². The predicted octanol–water partition coefficient (Wildman–Crippen LogP) is 3.00. The lowest BCUT2D eigenvalue weighted by molar-refractivity contribution is -0.149. The molecule has 0 spiro atoms. The topological polar surface area (TPSA) is 61.9 Å². The Morgan fingerprint density at radius 1 is 1.16 bits per heavy atom. The zero-order valence-corrected chi connectivity index (χ0v) is 18.7. The molecule has 0 bridgehead atoms. The van der Waals surface area contributed by atoms with Gasteiger partial charge in [-0.2, -0.15) is 0 Å². The number of nitrogens with zero attached hydrogens (tertiary/aromatic N) is 2. The Morgan fingerprint density at radius 3 is 2.39 bits per heavy atom. The Kier molecular flexibility index (Phi) is 6.90. The van der Waals surface area contributed by atoms with E-state index in [1.165, 1.54) is 24.3 Å². The molecule has 1 N–H and O–H groups in total. The molecule has 6 nitrogen and oxygen atoms in total. The maximum Gasteiger partial charge on any atom is 0.309 e. The first-order valence-corrected chi connectivity index (χ1v) is 10.5. The van der Waals surface area contributed by atoms with Crippen molar-refractivity contribution in [3.05, 3.63) is 65.5 Å². The molecule has 1 fully saturated rings. The molecule has 1 aliphatic heterocycles. The van der Waals surface area contributed by atoms with Gasteiger partial charge in [-0.3, -0.25) is 9.59 Å². The number of hydrogen-bond donors (Lipinski definition) is 1. The van der Waals surface area contributed by atoms with Crippen LogP contribution in [-0.2, 0) is 26.3 Å². The van der Waals surface area contributed by atoms with Crippen LogP contribution in [0.4, 0.5) is 10.1 Å². The summed E-state index contributed by atoms with van der Waals surface area (Å²) < 4.78 is 18.7. The van der Waals surface area contributed by atoms with E-state index in [0.717, 1.165) is 11.3 Å². The van der Waals surface area contributed by atoms with Crippen LogP contribution in [0.5, 0.6) is 0 Å². The molecular formula is C23H26FN3O3S. The van der Waals surface area contributed by atoms with E-state index in [-0.39, 0.29) is 18.1 Å². The van der Waals surface area contributed by atoms with Crippen LogP contribution < -0.4 is 10.2 Å². The third-order valence-electron chi connectivity index (χ3n) is 5.41. The van der Waals surface area contributed by atoms with Crippen molar-refractivity contribution in [2.24, 2.45) is 0 Å². The van der Waals surface area contributed by atoms with Crippen molar-refractivity contribution in [3.8, 4) is 0 Å². The lowest BCUT2D eigenvalue weighted by Gasteiger charge is -2.36. The van der Waals surface area contributed by atoms with E-state index in [2.05, 4.69) is 5.32 Å². The summed E-state index contributed by atoms with van der Waals surface area (Å²) in [7, 11) is 3.95. The zero-order chi connectivity index (χ0) is 22.6. The molecule has 1 unspecified atom stereocenters. The number of amides is 1. The van der Waals surface area contributed by atoms with Crippen LogP contribution in [0.1, 0.15) is 24.5 Å². The van der Waals surface area contributed by atoms with Gasteiger partial charge >= 0.3 is 5.97 Å². The van der Waals surface area contributed by atoms with Gasteiger partial charge in [-0.15, -0.1) is 0 Å². The van der Waals surface area contributed by atoms with E-state index >= 15 is 0 Å². The van der Waals surface area contributed by atoms with Gasteiger partial charge in [0.1, 0.15) is 5.82 Å². The molecule has 1 aliphatic rings. The smallest absolute Gasteiger partial charge is 0.309 e. The Hall–Kier alpha value is -3.00. The van der Waals surface area contributed by atoms with Gasteiger partial charge in [0, 0.05) is 26.3 Å². The van der Waals surface area contributed by atoms with Crippen LogP contribution in [0, 0.1) is 5.82 Å². The lowest BCUT2D eigenvalue weighted by Crippen LogP contribution is -2.49. The first-order valence-electron chi connectivity index (χ1n) is 10.1. The molecule has 2 aromatic rings. The van der Waals surface area contributed by atoms with Crippen LogP contribution in [0.15, 0.2) is 48.5 Å². The van der Waals surface area contributed by atoms with E-state index in [1.54, 1.807) is 11.8 Å². The molecule has 31 heavy (non-hydrogen) atoms. The molecule has 2 aromatic carbocycles. The standard InChI is InChI=1S/C23H26FN3O3S/c1-4-30-20(28)15-23(17-7-9-18(24)10-8-17)21(29)25-22(31)27(23)14-13-16-5-11-19(12-6-16)26(2)3/h5-12H,4,13-15H2,1-3H3,(H,25,29,31). The van der Waals surface area contributed by atoms with Crippen LogP contribution in [-0.4, -0.2) is 49.1 Å². The number of anilines is 1. The summed E-state index contributed by atoms with van der Waals surface area (Å²) in [5, 5.41) is 2.93. The van der Waals surface area contributed by atoms with Crippen molar-refractivity contribution in [1.82, 2.24) is 10.2 Å². The van der Waals surface area contributed by atoms with Crippen LogP contribution in [0.25, 0.3) is 0 Å². The van der Waals surface area contributed by atoms with Gasteiger partial charge < -0.3 is 19.9 Å². The van der Waals surface area contributed by atoms with Gasteiger partial charge in [0.2, 0.25) is 0 Å². The van der Waals surface area contributed by atoms with Gasteiger partial charge in [0.05, 0.1) is 13.0 Å². The van der Waals surface area contributed by atoms with E-state index in [4.69, 9.17) is 17.0 Å². The summed E-state index contributed by atoms with van der Waals surface area (Å²) in [4.78, 5) is 29.3. The molecule has 3 rings (SSSR count). The normalized spacial score (nSPS) is 18.1. The molecule has 1 heterocycles. The summed E-state index contributed by atoms with van der Waals surface area (Å²) >= 11 is 5.44. The fraction of sp³-hybridized carbons (Fsp3) is 0.348. The lowest BCUT2D eigenvalue weighted by atomic mass is 9.84. The van der Waals surface area contributed by atoms with E-state index in [1.807, 2.05) is 43.3 Å². The summed E-state index contributed by atoms with van der Waals surface area (Å²) in [5.41, 5.74) is 1.25. The number of carbonyl (C=O) groups excluding carboxylic acids is 2. The first-order chi connectivity index (χ1) is 14.8. The molecule has 1 saturated heterocycles. The minimum Gasteiger partial charge on any atom is -0.466 e. The molecular weight excluding hydrogens is 417 g/mol. The van der Waals surface area contributed by atoms with E-state index in [9.17, 15) is 14.0 Å². The molecule has 8 heteroatoms. The molecule has 1 atom stereocenters. The maximum absolute atomic E-state index is 13.6. The van der Waals surface area contributed by atoms with Crippen molar-refractivity contribution >= 4 is 34.9 Å². The minimum absolute atomic E-state index is 0.197. The largest absolute Gasteiger partial charge is 0.466 e. The molecule has 0 aromatic heterocycles. The third kappa shape index (κ3) is 4.69. The Bertz CT molecular complexity index is 963. The number of ether oxygens (including phenoxy) is 1. The number of esters is 1. The van der Waals surface area contributed by atoms with Gasteiger partial charge in [-0.1, -0.05) is 24.3 Å². The summed E-state index contributed by atoms with van der Waals surface area (Å²) in [6.45, 7) is 2.30. The highest BCUT2D eigenvalue weighted by atomic mass is 32.1. The summed E-state index contributed by atoms with van der Waals surface area (Å²) in [5.74, 6) is -1.37. The Balaban J connectivity index is 1.93. The molecule has 0 saturated carbocycles. The second kappa shape index (κ2) is 9.43.